The van der Waals surface area contributed by atoms with Crippen LogP contribution >= 0.6 is 0 Å². The van der Waals surface area contributed by atoms with E-state index in [1.807, 2.05) is 4.90 Å². The molecule has 1 aliphatic rings. The van der Waals surface area contributed by atoms with Gasteiger partial charge in [0, 0.05) is 13.1 Å². The maximum Gasteiger partial charge on any atom is 0.230 e. The van der Waals surface area contributed by atoms with Crippen molar-refractivity contribution in [2.45, 2.75) is 26.7 Å². The Kier molecular flexibility index (Phi) is 3.17. The highest BCUT2D eigenvalue weighted by atomic mass is 16.2. The van der Waals surface area contributed by atoms with Crippen LogP contribution in [0.25, 0.3) is 0 Å². The third-order valence-electron chi connectivity index (χ3n) is 2.92. The van der Waals surface area contributed by atoms with Crippen LogP contribution in [0.3, 0.4) is 0 Å². The second-order valence-corrected chi connectivity index (χ2v) is 4.75. The van der Waals surface area contributed by atoms with Gasteiger partial charge >= 0.3 is 0 Å². The average molecular weight is 223 g/mol. The Morgan fingerprint density at radius 1 is 1.44 bits per heavy atom. The third kappa shape index (κ3) is 2.56. The first-order chi connectivity index (χ1) is 7.65. The van der Waals surface area contributed by atoms with Crippen LogP contribution in [0.2, 0.25) is 0 Å². The minimum atomic E-state index is 0.0970. The van der Waals surface area contributed by atoms with E-state index in [1.165, 1.54) is 6.42 Å². The zero-order chi connectivity index (χ0) is 11.5. The molecule has 0 spiro atoms. The first-order valence-electron chi connectivity index (χ1n) is 5.65. The van der Waals surface area contributed by atoms with Crippen LogP contribution in [0.1, 0.15) is 26.1 Å². The Balaban J connectivity index is 1.94. The molecule has 1 N–H and O–H groups in total. The van der Waals surface area contributed by atoms with Crippen LogP contribution in [0, 0.1) is 11.8 Å². The van der Waals surface area contributed by atoms with E-state index in [4.69, 9.17) is 0 Å². The van der Waals surface area contributed by atoms with E-state index in [-0.39, 0.29) is 12.3 Å². The first kappa shape index (κ1) is 11.0. The van der Waals surface area contributed by atoms with Crippen LogP contribution in [0.5, 0.6) is 0 Å². The molecule has 2 heterocycles. The second kappa shape index (κ2) is 4.59. The van der Waals surface area contributed by atoms with Crippen LogP contribution < -0.4 is 0 Å². The number of piperidine rings is 1. The molecular weight excluding hydrogens is 206 g/mol. The number of hydrogen-bond donors (Lipinski definition) is 1. The normalized spacial score (nSPS) is 25.8. The lowest BCUT2D eigenvalue weighted by Gasteiger charge is -2.34. The SMILES string of the molecule is CC1CC(C)CN(C(=O)Cc2nn[nH]n2)C1. The van der Waals surface area contributed by atoms with Gasteiger partial charge in [-0.15, -0.1) is 10.2 Å². The van der Waals surface area contributed by atoms with Crippen molar-refractivity contribution in [2.75, 3.05) is 13.1 Å². The molecule has 1 aromatic rings. The first-order valence-corrected chi connectivity index (χ1v) is 5.65. The minimum Gasteiger partial charge on any atom is -0.342 e. The molecule has 6 heteroatoms. The Bertz CT molecular complexity index is 340. The smallest absolute Gasteiger partial charge is 0.230 e. The predicted molar refractivity (Wildman–Crippen MR) is 57.4 cm³/mol. The van der Waals surface area contributed by atoms with E-state index in [0.29, 0.717) is 17.7 Å². The molecule has 2 unspecified atom stereocenters. The molecule has 1 amide bonds. The van der Waals surface area contributed by atoms with Crippen molar-refractivity contribution >= 4 is 5.91 Å². The van der Waals surface area contributed by atoms with Crippen LogP contribution in [0.4, 0.5) is 0 Å². The largest absolute Gasteiger partial charge is 0.342 e. The van der Waals surface area contributed by atoms with Gasteiger partial charge in [-0.25, -0.2) is 0 Å². The number of amides is 1. The number of nitrogens with zero attached hydrogens (tertiary/aromatic N) is 4. The topological polar surface area (TPSA) is 74.8 Å². The van der Waals surface area contributed by atoms with Crippen molar-refractivity contribution in [1.29, 1.82) is 0 Å². The lowest BCUT2D eigenvalue weighted by atomic mass is 9.92. The van der Waals surface area contributed by atoms with Crippen molar-refractivity contribution in [1.82, 2.24) is 25.5 Å². The molecule has 2 rings (SSSR count). The number of hydrogen-bond acceptors (Lipinski definition) is 4. The van der Waals surface area contributed by atoms with Crippen molar-refractivity contribution in [2.24, 2.45) is 11.8 Å². The van der Waals surface area contributed by atoms with E-state index in [1.54, 1.807) is 0 Å². The van der Waals surface area contributed by atoms with Gasteiger partial charge in [-0.3, -0.25) is 4.79 Å². The number of aromatic nitrogens is 4. The third-order valence-corrected chi connectivity index (χ3v) is 2.92. The number of H-pyrrole nitrogens is 1. The van der Waals surface area contributed by atoms with E-state index in [0.717, 1.165) is 13.1 Å². The van der Waals surface area contributed by atoms with E-state index in [2.05, 4.69) is 34.5 Å². The minimum absolute atomic E-state index is 0.0970. The van der Waals surface area contributed by atoms with Gasteiger partial charge in [0.15, 0.2) is 5.82 Å². The Labute approximate surface area is 94.4 Å². The molecule has 1 aliphatic heterocycles. The number of nitrogens with one attached hydrogen (secondary N) is 1. The van der Waals surface area contributed by atoms with E-state index < -0.39 is 0 Å². The molecule has 1 saturated heterocycles. The quantitative estimate of drug-likeness (QED) is 0.779. The molecule has 88 valence electrons. The van der Waals surface area contributed by atoms with Crippen molar-refractivity contribution < 1.29 is 4.79 Å². The second-order valence-electron chi connectivity index (χ2n) is 4.75. The Morgan fingerprint density at radius 2 is 2.12 bits per heavy atom. The molecule has 0 bridgehead atoms. The molecule has 2 atom stereocenters. The summed E-state index contributed by atoms with van der Waals surface area (Å²) in [7, 11) is 0. The molecule has 1 fully saturated rings. The van der Waals surface area contributed by atoms with Gasteiger partial charge in [0.2, 0.25) is 5.91 Å². The molecule has 1 aromatic heterocycles. The average Bonchev–Trinajstić information content (AvgIpc) is 2.68. The number of likely N-dealkylation sites (tertiary alicyclic amines) is 1. The van der Waals surface area contributed by atoms with Gasteiger partial charge in [-0.1, -0.05) is 19.1 Å². The fourth-order valence-corrected chi connectivity index (χ4v) is 2.37. The lowest BCUT2D eigenvalue weighted by molar-refractivity contribution is -0.133. The van der Waals surface area contributed by atoms with Gasteiger partial charge in [0.05, 0.1) is 6.42 Å². The number of aromatic amines is 1. The van der Waals surface area contributed by atoms with E-state index >= 15 is 0 Å². The van der Waals surface area contributed by atoms with Gasteiger partial charge in [-0.05, 0) is 18.3 Å². The summed E-state index contributed by atoms with van der Waals surface area (Å²) >= 11 is 0. The number of rotatable bonds is 2. The fourth-order valence-electron chi connectivity index (χ4n) is 2.37. The fraction of sp³-hybridized carbons (Fsp3) is 0.800. The molecule has 6 nitrogen and oxygen atoms in total. The molecule has 0 saturated carbocycles. The molecule has 0 aliphatic carbocycles. The standard InChI is InChI=1S/C10H17N5O/c1-7-3-8(2)6-15(5-7)10(16)4-9-11-13-14-12-9/h7-8H,3-6H2,1-2H3,(H,11,12,13,14). The summed E-state index contributed by atoms with van der Waals surface area (Å²) in [6.07, 6.45) is 1.45. The summed E-state index contributed by atoms with van der Waals surface area (Å²) < 4.78 is 0. The Morgan fingerprint density at radius 3 is 2.69 bits per heavy atom. The highest BCUT2D eigenvalue weighted by Crippen LogP contribution is 2.21. The molecule has 0 aromatic carbocycles. The van der Waals surface area contributed by atoms with Crippen LogP contribution in [0.15, 0.2) is 0 Å². The summed E-state index contributed by atoms with van der Waals surface area (Å²) in [4.78, 5) is 13.9. The van der Waals surface area contributed by atoms with Gasteiger partial charge < -0.3 is 4.90 Å². The highest BCUT2D eigenvalue weighted by Gasteiger charge is 2.25. The summed E-state index contributed by atoms with van der Waals surface area (Å²) in [5, 5.41) is 13.4. The zero-order valence-electron chi connectivity index (χ0n) is 9.68. The maximum absolute atomic E-state index is 12.0. The van der Waals surface area contributed by atoms with Crippen molar-refractivity contribution in [3.05, 3.63) is 5.82 Å². The van der Waals surface area contributed by atoms with Crippen molar-refractivity contribution in [3.63, 3.8) is 0 Å². The summed E-state index contributed by atoms with van der Waals surface area (Å²) in [6.45, 7) is 6.07. The molecule has 16 heavy (non-hydrogen) atoms. The zero-order valence-corrected chi connectivity index (χ0v) is 9.68. The summed E-state index contributed by atoms with van der Waals surface area (Å²) in [5.74, 6) is 1.73. The number of carbonyl (C=O) groups is 1. The summed E-state index contributed by atoms with van der Waals surface area (Å²) in [6, 6.07) is 0. The van der Waals surface area contributed by atoms with Crippen LogP contribution in [-0.2, 0) is 11.2 Å². The van der Waals surface area contributed by atoms with Crippen LogP contribution in [-0.4, -0.2) is 44.5 Å². The van der Waals surface area contributed by atoms with E-state index in [9.17, 15) is 4.79 Å². The Hall–Kier alpha value is -1.46. The lowest BCUT2D eigenvalue weighted by Crippen LogP contribution is -2.43. The van der Waals surface area contributed by atoms with Gasteiger partial charge in [-0.2, -0.15) is 5.21 Å². The highest BCUT2D eigenvalue weighted by molar-refractivity contribution is 5.78. The monoisotopic (exact) mass is 223 g/mol. The number of carbonyl (C=O) groups excluding carboxylic acids is 1. The molecule has 0 radical (unpaired) electrons. The summed E-state index contributed by atoms with van der Waals surface area (Å²) in [5.41, 5.74) is 0. The van der Waals surface area contributed by atoms with Gasteiger partial charge in [0.1, 0.15) is 0 Å². The molecular formula is C10H17N5O. The van der Waals surface area contributed by atoms with Gasteiger partial charge in [0.25, 0.3) is 0 Å². The number of tetrazole rings is 1. The maximum atomic E-state index is 12.0. The van der Waals surface area contributed by atoms with Crippen molar-refractivity contribution in [3.8, 4) is 0 Å². The predicted octanol–water partition coefficient (Wildman–Crippen LogP) is 0.247.